The van der Waals surface area contributed by atoms with E-state index >= 15 is 0 Å². The van der Waals surface area contributed by atoms with Crippen LogP contribution < -0.4 is 11.3 Å². The first kappa shape index (κ1) is 15.4. The van der Waals surface area contributed by atoms with E-state index < -0.39 is 0 Å². The summed E-state index contributed by atoms with van der Waals surface area (Å²) in [4.78, 5) is 14.7. The maximum atomic E-state index is 11.7. The lowest BCUT2D eigenvalue weighted by molar-refractivity contribution is -0.182. The molecule has 0 atom stereocenters. The molecule has 0 bridgehead atoms. The van der Waals surface area contributed by atoms with Gasteiger partial charge in [-0.05, 0) is 44.7 Å². The molecule has 0 aliphatic carbocycles. The van der Waals surface area contributed by atoms with E-state index in [0.717, 1.165) is 25.2 Å². The Morgan fingerprint density at radius 3 is 2.55 bits per heavy atom. The first-order valence-electron chi connectivity index (χ1n) is 6.72. The monoisotopic (exact) mass is 297 g/mol. The van der Waals surface area contributed by atoms with Crippen LogP contribution in [-0.4, -0.2) is 35.1 Å². The van der Waals surface area contributed by atoms with E-state index in [1.807, 2.05) is 11.4 Å². The topological polar surface area (TPSA) is 67.6 Å². The van der Waals surface area contributed by atoms with Crippen LogP contribution in [0.25, 0.3) is 0 Å². The van der Waals surface area contributed by atoms with E-state index in [1.54, 1.807) is 0 Å². The number of carbonyl (C=O) groups excluding carboxylic acids is 1. The fourth-order valence-electron chi connectivity index (χ4n) is 3.02. The van der Waals surface area contributed by atoms with E-state index in [1.165, 1.54) is 11.3 Å². The number of hydrazine groups is 1. The van der Waals surface area contributed by atoms with Crippen LogP contribution in [0, 0.1) is 0 Å². The third kappa shape index (κ3) is 3.58. The summed E-state index contributed by atoms with van der Waals surface area (Å²) in [7, 11) is 0. The van der Waals surface area contributed by atoms with Crippen molar-refractivity contribution in [3.05, 3.63) is 21.9 Å². The van der Waals surface area contributed by atoms with Crippen molar-refractivity contribution in [1.29, 1.82) is 0 Å². The zero-order chi connectivity index (χ0) is 15.0. The third-order valence-electron chi connectivity index (χ3n) is 3.24. The van der Waals surface area contributed by atoms with Gasteiger partial charge in [0.2, 0.25) is 0 Å². The van der Waals surface area contributed by atoms with Crippen LogP contribution in [0.5, 0.6) is 0 Å². The molecule has 20 heavy (non-hydrogen) atoms. The summed E-state index contributed by atoms with van der Waals surface area (Å²) in [6.07, 6.45) is 0. The molecule has 5 nitrogen and oxygen atoms in total. The summed E-state index contributed by atoms with van der Waals surface area (Å²) in [5, 5.41) is 1.93. The molecule has 1 fully saturated rings. The smallest absolute Gasteiger partial charge is 0.275 e. The highest BCUT2D eigenvalue weighted by atomic mass is 32.1. The van der Waals surface area contributed by atoms with E-state index in [4.69, 9.17) is 10.6 Å². The largest absolute Gasteiger partial charge is 0.367 e. The van der Waals surface area contributed by atoms with Gasteiger partial charge in [0.05, 0.1) is 16.1 Å². The minimum absolute atomic E-state index is 0.186. The van der Waals surface area contributed by atoms with Gasteiger partial charge in [-0.2, -0.15) is 0 Å². The highest BCUT2D eigenvalue weighted by molar-refractivity contribution is 7.12. The van der Waals surface area contributed by atoms with Gasteiger partial charge in [0.15, 0.2) is 0 Å². The number of nitrogens with two attached hydrogens (primary N) is 1. The Morgan fingerprint density at radius 1 is 1.40 bits per heavy atom. The molecule has 0 saturated carbocycles. The third-order valence-corrected chi connectivity index (χ3v) is 4.19. The number of nitrogen functional groups attached to an aromatic ring is 1. The molecule has 6 heteroatoms. The molecular formula is C14H23N3O2S. The number of nitrogens with one attached hydrogen (secondary N) is 1. The van der Waals surface area contributed by atoms with Crippen LogP contribution in [0.4, 0.5) is 0 Å². The molecule has 1 amide bonds. The average molecular weight is 297 g/mol. The van der Waals surface area contributed by atoms with E-state index in [9.17, 15) is 4.79 Å². The van der Waals surface area contributed by atoms with Crippen molar-refractivity contribution in [2.75, 3.05) is 13.1 Å². The normalized spacial score (nSPS) is 21.6. The number of hydrogen-bond donors (Lipinski definition) is 2. The standard InChI is InChI=1S/C14H23N3O2S/c1-13(2)8-17(9-14(3,4)19-13)7-10-5-6-20-11(10)12(18)16-15/h5-6H,7-9,15H2,1-4H3,(H,16,18). The number of thiophene rings is 1. The molecule has 1 aromatic rings. The van der Waals surface area contributed by atoms with Gasteiger partial charge in [-0.15, -0.1) is 11.3 Å². The predicted molar refractivity (Wildman–Crippen MR) is 80.5 cm³/mol. The summed E-state index contributed by atoms with van der Waals surface area (Å²) in [6, 6.07) is 1.99. The van der Waals surface area contributed by atoms with E-state index in [2.05, 4.69) is 38.0 Å². The number of hydrogen-bond acceptors (Lipinski definition) is 5. The Morgan fingerprint density at radius 2 is 2.00 bits per heavy atom. The van der Waals surface area contributed by atoms with Crippen molar-refractivity contribution in [3.63, 3.8) is 0 Å². The number of carbonyl (C=O) groups is 1. The summed E-state index contributed by atoms with van der Waals surface area (Å²) in [6.45, 7) is 10.8. The number of morpholine rings is 1. The lowest BCUT2D eigenvalue weighted by Gasteiger charge is -2.47. The molecule has 1 aliphatic heterocycles. The van der Waals surface area contributed by atoms with E-state index in [0.29, 0.717) is 4.88 Å². The van der Waals surface area contributed by atoms with Gasteiger partial charge < -0.3 is 4.74 Å². The SMILES string of the molecule is CC1(C)CN(Cc2ccsc2C(=O)NN)CC(C)(C)O1. The molecule has 2 heterocycles. The lowest BCUT2D eigenvalue weighted by Crippen LogP contribution is -2.56. The first-order valence-corrected chi connectivity index (χ1v) is 7.60. The number of ether oxygens (including phenoxy) is 1. The van der Waals surface area contributed by atoms with Gasteiger partial charge in [0.1, 0.15) is 0 Å². The summed E-state index contributed by atoms with van der Waals surface area (Å²) >= 11 is 1.42. The van der Waals surface area contributed by atoms with Crippen molar-refractivity contribution in [2.24, 2.45) is 5.84 Å². The highest BCUT2D eigenvalue weighted by Gasteiger charge is 2.38. The van der Waals surface area contributed by atoms with Gasteiger partial charge in [0.25, 0.3) is 5.91 Å². The predicted octanol–water partition coefficient (Wildman–Crippen LogP) is 1.74. The summed E-state index contributed by atoms with van der Waals surface area (Å²) < 4.78 is 6.07. The molecule has 1 saturated heterocycles. The molecular weight excluding hydrogens is 274 g/mol. The second-order valence-corrected chi connectivity index (χ2v) is 7.43. The van der Waals surface area contributed by atoms with Crippen LogP contribution in [-0.2, 0) is 11.3 Å². The minimum atomic E-state index is -0.221. The molecule has 0 unspecified atom stereocenters. The Balaban J connectivity index is 2.14. The molecule has 1 aliphatic rings. The van der Waals surface area contributed by atoms with Gasteiger partial charge in [0, 0.05) is 19.6 Å². The van der Waals surface area contributed by atoms with Crippen molar-refractivity contribution in [2.45, 2.75) is 45.4 Å². The highest BCUT2D eigenvalue weighted by Crippen LogP contribution is 2.30. The van der Waals surface area contributed by atoms with Gasteiger partial charge >= 0.3 is 0 Å². The molecule has 3 N–H and O–H groups in total. The Hall–Kier alpha value is -0.950. The lowest BCUT2D eigenvalue weighted by atomic mass is 9.98. The summed E-state index contributed by atoms with van der Waals surface area (Å²) in [5.41, 5.74) is 2.85. The van der Waals surface area contributed by atoms with Crippen LogP contribution in [0.1, 0.15) is 42.9 Å². The molecule has 1 aromatic heterocycles. The van der Waals surface area contributed by atoms with Gasteiger partial charge in [-0.3, -0.25) is 15.1 Å². The Labute approximate surface area is 124 Å². The van der Waals surface area contributed by atoms with Crippen LogP contribution >= 0.6 is 11.3 Å². The van der Waals surface area contributed by atoms with Crippen molar-refractivity contribution >= 4 is 17.2 Å². The van der Waals surface area contributed by atoms with Gasteiger partial charge in [-0.1, -0.05) is 0 Å². The molecule has 0 aromatic carbocycles. The summed E-state index contributed by atoms with van der Waals surface area (Å²) in [5.74, 6) is 5.00. The Bertz CT molecular complexity index is 480. The van der Waals surface area contributed by atoms with Crippen LogP contribution in [0.15, 0.2) is 11.4 Å². The van der Waals surface area contributed by atoms with Gasteiger partial charge in [-0.25, -0.2) is 5.84 Å². The quantitative estimate of drug-likeness (QED) is 0.507. The zero-order valence-electron chi connectivity index (χ0n) is 12.5. The van der Waals surface area contributed by atoms with Crippen molar-refractivity contribution in [3.8, 4) is 0 Å². The zero-order valence-corrected chi connectivity index (χ0v) is 13.3. The fraction of sp³-hybridized carbons (Fsp3) is 0.643. The maximum Gasteiger partial charge on any atom is 0.275 e. The number of rotatable bonds is 3. The Kier molecular flexibility index (Phi) is 4.20. The molecule has 0 spiro atoms. The van der Waals surface area contributed by atoms with Crippen LogP contribution in [0.2, 0.25) is 0 Å². The number of amides is 1. The van der Waals surface area contributed by atoms with E-state index in [-0.39, 0.29) is 17.1 Å². The second kappa shape index (κ2) is 5.44. The minimum Gasteiger partial charge on any atom is -0.367 e. The first-order chi connectivity index (χ1) is 9.22. The average Bonchev–Trinajstić information content (AvgIpc) is 2.71. The number of nitrogens with zero attached hydrogens (tertiary/aromatic N) is 1. The molecule has 0 radical (unpaired) electrons. The molecule has 2 rings (SSSR count). The molecule has 112 valence electrons. The van der Waals surface area contributed by atoms with Crippen molar-refractivity contribution < 1.29 is 9.53 Å². The maximum absolute atomic E-state index is 11.7. The fourth-order valence-corrected chi connectivity index (χ4v) is 3.84. The van der Waals surface area contributed by atoms with Crippen LogP contribution in [0.3, 0.4) is 0 Å². The second-order valence-electron chi connectivity index (χ2n) is 6.52. The van der Waals surface area contributed by atoms with Crippen molar-refractivity contribution in [1.82, 2.24) is 10.3 Å².